The Morgan fingerprint density at radius 3 is 2.32 bits per heavy atom. The second-order valence-corrected chi connectivity index (χ2v) is 10.2. The van der Waals surface area contributed by atoms with Crippen LogP contribution in [0.15, 0.2) is 66.9 Å². The van der Waals surface area contributed by atoms with Crippen molar-refractivity contribution in [2.45, 2.75) is 44.6 Å². The summed E-state index contributed by atoms with van der Waals surface area (Å²) in [5.74, 6) is -1.71. The fraction of sp³-hybridized carbons (Fsp3) is 0.323. The molecule has 1 N–H and O–H groups in total. The molecule has 0 spiro atoms. The molecule has 5 rings (SSSR count). The number of alkyl halides is 6. The quantitative estimate of drug-likeness (QED) is 0.166. The maximum Gasteiger partial charge on any atom is 0.434 e. The van der Waals surface area contributed by atoms with E-state index in [0.29, 0.717) is 22.4 Å². The predicted octanol–water partition coefficient (Wildman–Crippen LogP) is 7.19. The highest BCUT2D eigenvalue weighted by molar-refractivity contribution is 5.90. The minimum absolute atomic E-state index is 0.0840. The third-order valence-corrected chi connectivity index (χ3v) is 7.25. The molecule has 1 aliphatic rings. The summed E-state index contributed by atoms with van der Waals surface area (Å²) in [5.41, 5.74) is -1.69. The van der Waals surface area contributed by atoms with Gasteiger partial charge in [0.2, 0.25) is 0 Å². The van der Waals surface area contributed by atoms with Crippen LogP contribution in [-0.4, -0.2) is 40.4 Å². The van der Waals surface area contributed by atoms with E-state index in [9.17, 15) is 31.1 Å². The van der Waals surface area contributed by atoms with Gasteiger partial charge >= 0.3 is 18.3 Å². The first-order valence-electron chi connectivity index (χ1n) is 13.9. The Hall–Kier alpha value is -4.39. The van der Waals surface area contributed by atoms with Crippen LogP contribution in [0.3, 0.4) is 0 Å². The van der Waals surface area contributed by atoms with Gasteiger partial charge in [-0.15, -0.1) is 0 Å². The van der Waals surface area contributed by atoms with Crippen LogP contribution in [0.25, 0.3) is 17.1 Å². The number of aromatic nitrogens is 3. The van der Waals surface area contributed by atoms with Gasteiger partial charge in [-0.1, -0.05) is 36.4 Å². The van der Waals surface area contributed by atoms with Crippen molar-refractivity contribution in [2.24, 2.45) is 0 Å². The highest BCUT2D eigenvalue weighted by Gasteiger charge is 2.41. The van der Waals surface area contributed by atoms with Crippen molar-refractivity contribution in [1.82, 2.24) is 20.1 Å². The van der Waals surface area contributed by atoms with Gasteiger partial charge in [-0.2, -0.15) is 31.4 Å². The van der Waals surface area contributed by atoms with E-state index in [4.69, 9.17) is 9.47 Å². The van der Waals surface area contributed by atoms with Gasteiger partial charge in [-0.05, 0) is 74.2 Å². The number of nitrogens with zero attached hydrogens (tertiary/aromatic N) is 3. The van der Waals surface area contributed by atoms with Gasteiger partial charge in [0.1, 0.15) is 17.9 Å². The number of nitrogens with one attached hydrogen (secondary N) is 1. The zero-order chi connectivity index (χ0) is 31.5. The average Bonchev–Trinajstić information content (AvgIpc) is 3.47. The van der Waals surface area contributed by atoms with Crippen LogP contribution in [-0.2, 0) is 23.7 Å². The first kappa shape index (κ1) is 31.0. The fourth-order valence-electron chi connectivity index (χ4n) is 5.16. The molecule has 2 aromatic heterocycles. The highest BCUT2D eigenvalue weighted by atomic mass is 19.4. The van der Waals surface area contributed by atoms with E-state index in [1.807, 2.05) is 24.3 Å². The second-order valence-electron chi connectivity index (χ2n) is 10.2. The van der Waals surface area contributed by atoms with Crippen molar-refractivity contribution in [2.75, 3.05) is 19.7 Å². The molecule has 7 nitrogen and oxygen atoms in total. The molecular weight excluding hydrogens is 590 g/mol. The Kier molecular flexibility index (Phi) is 8.95. The molecule has 1 saturated heterocycles. The number of para-hydroxylation sites is 1. The Morgan fingerprint density at radius 1 is 0.955 bits per heavy atom. The lowest BCUT2D eigenvalue weighted by Crippen LogP contribution is -2.26. The molecule has 0 bridgehead atoms. The summed E-state index contributed by atoms with van der Waals surface area (Å²) in [6.45, 7) is 2.95. The van der Waals surface area contributed by atoms with Gasteiger partial charge in [-0.25, -0.2) is 14.5 Å². The number of ether oxygens (including phenoxy) is 2. The number of carbonyl (C=O) groups is 1. The molecule has 0 saturated carbocycles. The van der Waals surface area contributed by atoms with Crippen molar-refractivity contribution < 1.29 is 40.6 Å². The largest absolute Gasteiger partial charge is 0.488 e. The number of hydrogen-bond acceptors (Lipinski definition) is 6. The molecule has 13 heteroatoms. The van der Waals surface area contributed by atoms with Crippen LogP contribution in [0.5, 0.6) is 5.75 Å². The van der Waals surface area contributed by atoms with Gasteiger partial charge in [0.15, 0.2) is 11.5 Å². The number of hydrogen-bond donors (Lipinski definition) is 1. The average molecular weight is 619 g/mol. The number of halogens is 6. The van der Waals surface area contributed by atoms with Gasteiger partial charge in [-0.3, -0.25) is 0 Å². The molecule has 2 aromatic carbocycles. The number of rotatable bonds is 8. The molecule has 3 heterocycles. The molecule has 232 valence electrons. The first-order valence-corrected chi connectivity index (χ1v) is 13.9. The van der Waals surface area contributed by atoms with Crippen LogP contribution in [0.1, 0.15) is 58.4 Å². The fourth-order valence-corrected chi connectivity index (χ4v) is 5.16. The summed E-state index contributed by atoms with van der Waals surface area (Å²) in [7, 11) is 0. The van der Waals surface area contributed by atoms with Crippen molar-refractivity contribution >= 4 is 5.97 Å². The van der Waals surface area contributed by atoms with E-state index in [-0.39, 0.29) is 30.3 Å². The second kappa shape index (κ2) is 12.7. The zero-order valence-corrected chi connectivity index (χ0v) is 23.5. The van der Waals surface area contributed by atoms with E-state index in [2.05, 4.69) is 15.4 Å². The smallest absolute Gasteiger partial charge is 0.434 e. The van der Waals surface area contributed by atoms with Crippen LogP contribution >= 0.6 is 0 Å². The molecule has 0 unspecified atom stereocenters. The Labute approximate surface area is 248 Å². The number of carbonyl (C=O) groups excluding carboxylic acids is 1. The van der Waals surface area contributed by atoms with Crippen molar-refractivity contribution in [3.05, 3.63) is 94.8 Å². The lowest BCUT2D eigenvalue weighted by atomic mass is 9.90. The van der Waals surface area contributed by atoms with E-state index in [1.54, 1.807) is 0 Å². The molecule has 0 atom stereocenters. The van der Waals surface area contributed by atoms with E-state index < -0.39 is 40.9 Å². The Balaban J connectivity index is 1.50. The highest BCUT2D eigenvalue weighted by Crippen LogP contribution is 2.42. The van der Waals surface area contributed by atoms with Crippen LogP contribution in [0, 0.1) is 0 Å². The Bertz CT molecular complexity index is 1610. The summed E-state index contributed by atoms with van der Waals surface area (Å²) in [6.07, 6.45) is -7.11. The third kappa shape index (κ3) is 6.72. The number of pyridine rings is 1. The van der Waals surface area contributed by atoms with Crippen LogP contribution in [0.2, 0.25) is 0 Å². The van der Waals surface area contributed by atoms with Crippen molar-refractivity contribution in [3.63, 3.8) is 0 Å². The maximum atomic E-state index is 14.1. The summed E-state index contributed by atoms with van der Waals surface area (Å²) in [6, 6.07) is 14.8. The first-order chi connectivity index (χ1) is 21.0. The van der Waals surface area contributed by atoms with Crippen LogP contribution in [0.4, 0.5) is 26.3 Å². The molecular formula is C31H28F6N4O3. The van der Waals surface area contributed by atoms with Crippen LogP contribution < -0.4 is 10.1 Å². The monoisotopic (exact) mass is 618 g/mol. The summed E-state index contributed by atoms with van der Waals surface area (Å²) in [5, 5.41) is 7.02. The number of piperidine rings is 1. The zero-order valence-electron chi connectivity index (χ0n) is 23.5. The number of esters is 1. The molecule has 4 aromatic rings. The van der Waals surface area contributed by atoms with E-state index >= 15 is 0 Å². The summed E-state index contributed by atoms with van der Waals surface area (Å²) < 4.78 is 95.4. The van der Waals surface area contributed by atoms with Gasteiger partial charge in [0.25, 0.3) is 0 Å². The van der Waals surface area contributed by atoms with Gasteiger partial charge < -0.3 is 14.8 Å². The molecule has 1 fully saturated rings. The minimum atomic E-state index is -5.02. The van der Waals surface area contributed by atoms with Crippen molar-refractivity contribution in [3.8, 4) is 22.8 Å². The standard InChI is InChI=1S/C31H28F6N4O3/c1-2-43-29(42)23-17-39-41(28(23)31(35,36)37)26-8-4-7-25(40-26)22-5-3-6-24(30(32,33)34)27(22)44-18-19-9-11-20(12-10-19)21-13-15-38-16-14-21/h3-12,17,21,38H,2,13-16,18H2,1H3. The predicted molar refractivity (Wildman–Crippen MR) is 148 cm³/mol. The lowest BCUT2D eigenvalue weighted by Gasteiger charge is -2.23. The molecule has 0 radical (unpaired) electrons. The molecule has 0 aliphatic carbocycles. The van der Waals surface area contributed by atoms with Crippen molar-refractivity contribution in [1.29, 1.82) is 0 Å². The topological polar surface area (TPSA) is 78.3 Å². The minimum Gasteiger partial charge on any atom is -0.488 e. The lowest BCUT2D eigenvalue weighted by molar-refractivity contribution is -0.143. The molecule has 1 aliphatic heterocycles. The van der Waals surface area contributed by atoms with Gasteiger partial charge in [0, 0.05) is 5.56 Å². The van der Waals surface area contributed by atoms with E-state index in [1.165, 1.54) is 37.3 Å². The van der Waals surface area contributed by atoms with E-state index in [0.717, 1.165) is 37.6 Å². The maximum absolute atomic E-state index is 14.1. The molecule has 44 heavy (non-hydrogen) atoms. The Morgan fingerprint density at radius 2 is 1.66 bits per heavy atom. The summed E-state index contributed by atoms with van der Waals surface area (Å²) >= 11 is 0. The third-order valence-electron chi connectivity index (χ3n) is 7.25. The SMILES string of the molecule is CCOC(=O)c1cnn(-c2cccc(-c3cccc(C(F)(F)F)c3OCc3ccc(C4CCNCC4)cc3)n2)c1C(F)(F)F. The molecule has 0 amide bonds. The number of benzene rings is 2. The van der Waals surface area contributed by atoms with Gasteiger partial charge in [0.05, 0.1) is 24.1 Å². The summed E-state index contributed by atoms with van der Waals surface area (Å²) in [4.78, 5) is 16.4. The normalized spacial score (nSPS) is 14.4.